The smallest absolute Gasteiger partial charge is 0.184 e. The van der Waals surface area contributed by atoms with Gasteiger partial charge in [-0.15, -0.1) is 0 Å². The molecule has 1 saturated carbocycles. The monoisotopic (exact) mass is 311 g/mol. The van der Waals surface area contributed by atoms with Crippen molar-refractivity contribution in [3.05, 3.63) is 65.9 Å². The highest BCUT2D eigenvalue weighted by molar-refractivity contribution is 7.91. The van der Waals surface area contributed by atoms with E-state index in [0.717, 1.165) is 35.0 Å². The highest BCUT2D eigenvalue weighted by Gasteiger charge is 2.33. The molecule has 4 rings (SSSR count). The molecule has 0 amide bonds. The average molecular weight is 311 g/mol. The molecule has 1 N–H and O–H groups in total. The fourth-order valence-electron chi connectivity index (χ4n) is 3.00. The number of para-hydroxylation sites is 1. The third kappa shape index (κ3) is 2.33. The predicted octanol–water partition coefficient (Wildman–Crippen LogP) is 4.02. The van der Waals surface area contributed by atoms with E-state index >= 15 is 0 Å². The average Bonchev–Trinajstić information content (AvgIpc) is 3.27. The largest absolute Gasteiger partial charge is 0.357 e. The van der Waals surface area contributed by atoms with Gasteiger partial charge in [-0.25, -0.2) is 8.42 Å². The van der Waals surface area contributed by atoms with Gasteiger partial charge in [-0.05, 0) is 24.5 Å². The summed E-state index contributed by atoms with van der Waals surface area (Å²) in [4.78, 5) is 3.85. The van der Waals surface area contributed by atoms with Crippen molar-refractivity contribution in [2.45, 2.75) is 29.4 Å². The van der Waals surface area contributed by atoms with Crippen LogP contribution in [0.2, 0.25) is 0 Å². The van der Waals surface area contributed by atoms with Gasteiger partial charge in [-0.3, -0.25) is 0 Å². The zero-order chi connectivity index (χ0) is 15.2. The lowest BCUT2D eigenvalue weighted by Gasteiger charge is -2.06. The summed E-state index contributed by atoms with van der Waals surface area (Å²) < 4.78 is 26.0. The van der Waals surface area contributed by atoms with Crippen molar-refractivity contribution in [1.29, 1.82) is 0 Å². The first-order chi connectivity index (χ1) is 10.6. The van der Waals surface area contributed by atoms with E-state index in [-0.39, 0.29) is 5.75 Å². The molecule has 3 nitrogen and oxygen atoms in total. The number of hydrogen-bond donors (Lipinski definition) is 1. The van der Waals surface area contributed by atoms with E-state index in [0.29, 0.717) is 10.8 Å². The third-order valence-corrected chi connectivity index (χ3v) is 5.96. The number of aromatic nitrogens is 1. The number of rotatable bonds is 4. The van der Waals surface area contributed by atoms with Gasteiger partial charge in [0.05, 0.1) is 10.6 Å². The Kier molecular flexibility index (Phi) is 3.08. The van der Waals surface area contributed by atoms with Crippen LogP contribution in [0.5, 0.6) is 0 Å². The van der Waals surface area contributed by atoms with E-state index in [4.69, 9.17) is 0 Å². The molecule has 1 aliphatic rings. The van der Waals surface area contributed by atoms with Crippen molar-refractivity contribution in [3.8, 4) is 0 Å². The van der Waals surface area contributed by atoms with E-state index in [2.05, 4.69) is 4.98 Å². The van der Waals surface area contributed by atoms with Crippen LogP contribution in [0.3, 0.4) is 0 Å². The summed E-state index contributed by atoms with van der Waals surface area (Å²) in [5, 5.41) is 0.820. The Bertz CT molecular complexity index is 922. The molecule has 2 aromatic carbocycles. The second-order valence-electron chi connectivity index (χ2n) is 5.93. The molecular formula is C18H17NO2S. The first-order valence-electron chi connectivity index (χ1n) is 7.52. The number of fused-ring (bicyclic) bond motifs is 1. The Morgan fingerprint density at radius 3 is 2.36 bits per heavy atom. The van der Waals surface area contributed by atoms with Crippen LogP contribution in [0.15, 0.2) is 59.5 Å². The number of hydrogen-bond acceptors (Lipinski definition) is 2. The van der Waals surface area contributed by atoms with Gasteiger partial charge in [0.2, 0.25) is 0 Å². The minimum Gasteiger partial charge on any atom is -0.357 e. The molecule has 4 heteroatoms. The topological polar surface area (TPSA) is 49.9 Å². The summed E-state index contributed by atoms with van der Waals surface area (Å²) >= 11 is 0. The number of aromatic amines is 1. The van der Waals surface area contributed by atoms with Crippen molar-refractivity contribution in [2.24, 2.45) is 0 Å². The standard InChI is InChI=1S/C18H17NO2S/c20-22(21,12-13-6-2-1-3-7-13)18-15-8-4-5-9-16(15)19-17(18)14-10-11-14/h1-9,14,19H,10-12H2. The number of benzene rings is 2. The lowest BCUT2D eigenvalue weighted by molar-refractivity contribution is 0.595. The van der Waals surface area contributed by atoms with Crippen molar-refractivity contribution in [1.82, 2.24) is 4.98 Å². The van der Waals surface area contributed by atoms with Crippen LogP contribution in [0.4, 0.5) is 0 Å². The highest BCUT2D eigenvalue weighted by atomic mass is 32.2. The zero-order valence-electron chi connectivity index (χ0n) is 12.1. The van der Waals surface area contributed by atoms with Crippen LogP contribution in [0.1, 0.15) is 30.0 Å². The molecule has 0 spiro atoms. The van der Waals surface area contributed by atoms with Gasteiger partial charge in [-0.2, -0.15) is 0 Å². The van der Waals surface area contributed by atoms with Crippen molar-refractivity contribution in [2.75, 3.05) is 0 Å². The van der Waals surface area contributed by atoms with Crippen molar-refractivity contribution >= 4 is 20.7 Å². The number of sulfone groups is 1. The Balaban J connectivity index is 1.87. The normalized spacial score (nSPS) is 15.3. The van der Waals surface area contributed by atoms with Crippen LogP contribution in [0.25, 0.3) is 10.9 Å². The van der Waals surface area contributed by atoms with Gasteiger partial charge in [0.1, 0.15) is 0 Å². The minimum absolute atomic E-state index is 0.0510. The molecule has 22 heavy (non-hydrogen) atoms. The summed E-state index contributed by atoms with van der Waals surface area (Å²) in [6.07, 6.45) is 2.14. The molecule has 1 heterocycles. The summed E-state index contributed by atoms with van der Waals surface area (Å²) in [6.45, 7) is 0. The maximum Gasteiger partial charge on any atom is 0.184 e. The van der Waals surface area contributed by atoms with Gasteiger partial charge >= 0.3 is 0 Å². The van der Waals surface area contributed by atoms with Gasteiger partial charge in [0.15, 0.2) is 9.84 Å². The first-order valence-corrected chi connectivity index (χ1v) is 9.18. The van der Waals surface area contributed by atoms with Crippen molar-refractivity contribution in [3.63, 3.8) is 0 Å². The Morgan fingerprint density at radius 2 is 1.64 bits per heavy atom. The summed E-state index contributed by atoms with van der Waals surface area (Å²) in [5.74, 6) is 0.419. The molecule has 0 atom stereocenters. The van der Waals surface area contributed by atoms with E-state index < -0.39 is 9.84 Å². The molecule has 0 bridgehead atoms. The minimum atomic E-state index is -3.36. The van der Waals surface area contributed by atoms with Crippen LogP contribution in [-0.4, -0.2) is 13.4 Å². The highest BCUT2D eigenvalue weighted by Crippen LogP contribution is 2.45. The predicted molar refractivity (Wildman–Crippen MR) is 87.6 cm³/mol. The third-order valence-electron chi connectivity index (χ3n) is 4.18. The number of H-pyrrole nitrogens is 1. The van der Waals surface area contributed by atoms with E-state index in [1.54, 1.807) is 0 Å². The van der Waals surface area contributed by atoms with Gasteiger partial charge in [0.25, 0.3) is 0 Å². The maximum absolute atomic E-state index is 13.0. The molecule has 0 saturated heterocycles. The van der Waals surface area contributed by atoms with E-state index in [1.807, 2.05) is 54.6 Å². The van der Waals surface area contributed by atoms with Crippen LogP contribution in [0, 0.1) is 0 Å². The fraction of sp³-hybridized carbons (Fsp3) is 0.222. The van der Waals surface area contributed by atoms with Gasteiger partial charge in [0, 0.05) is 22.5 Å². The van der Waals surface area contributed by atoms with Gasteiger partial charge < -0.3 is 4.98 Å². The molecule has 112 valence electrons. The summed E-state index contributed by atoms with van der Waals surface area (Å²) in [6, 6.07) is 17.1. The second kappa shape index (κ2) is 4.99. The fourth-order valence-corrected chi connectivity index (χ4v) is 4.84. The van der Waals surface area contributed by atoms with Crippen LogP contribution < -0.4 is 0 Å². The van der Waals surface area contributed by atoms with Crippen molar-refractivity contribution < 1.29 is 8.42 Å². The summed E-state index contributed by atoms with van der Waals surface area (Å²) in [7, 11) is -3.36. The second-order valence-corrected chi connectivity index (χ2v) is 7.86. The molecule has 0 aliphatic heterocycles. The quantitative estimate of drug-likeness (QED) is 0.791. The number of nitrogens with one attached hydrogen (secondary N) is 1. The molecule has 1 aliphatic carbocycles. The Hall–Kier alpha value is -2.07. The lowest BCUT2D eigenvalue weighted by atomic mass is 10.2. The molecule has 0 unspecified atom stereocenters. The molecule has 3 aromatic rings. The van der Waals surface area contributed by atoms with Crippen LogP contribution >= 0.6 is 0 Å². The molecule has 1 fully saturated rings. The van der Waals surface area contributed by atoms with E-state index in [9.17, 15) is 8.42 Å². The van der Waals surface area contributed by atoms with Crippen LogP contribution in [-0.2, 0) is 15.6 Å². The SMILES string of the molecule is O=S(=O)(Cc1ccccc1)c1c(C2CC2)[nH]c2ccccc12. The lowest BCUT2D eigenvalue weighted by Crippen LogP contribution is -2.07. The van der Waals surface area contributed by atoms with E-state index in [1.165, 1.54) is 0 Å². The molecular weight excluding hydrogens is 294 g/mol. The molecule has 1 aromatic heterocycles. The maximum atomic E-state index is 13.0. The Labute approximate surface area is 129 Å². The summed E-state index contributed by atoms with van der Waals surface area (Å²) in [5.41, 5.74) is 2.64. The first kappa shape index (κ1) is 13.6. The molecule has 0 radical (unpaired) electrons. The zero-order valence-corrected chi connectivity index (χ0v) is 12.9. The van der Waals surface area contributed by atoms with Gasteiger partial charge in [-0.1, -0.05) is 48.5 Å². The Morgan fingerprint density at radius 1 is 0.955 bits per heavy atom.